The van der Waals surface area contributed by atoms with Crippen LogP contribution >= 0.6 is 0 Å². The number of hydrogen-bond acceptors (Lipinski definition) is 3. The molecule has 0 spiro atoms. The lowest BCUT2D eigenvalue weighted by atomic mass is 10.1. The van der Waals surface area contributed by atoms with Gasteiger partial charge in [-0.2, -0.15) is 0 Å². The van der Waals surface area contributed by atoms with Crippen LogP contribution in [0, 0.1) is 0 Å². The lowest BCUT2D eigenvalue weighted by molar-refractivity contribution is -0.143. The molecule has 0 aliphatic rings. The predicted octanol–water partition coefficient (Wildman–Crippen LogP) is 1.29. The second-order valence-corrected chi connectivity index (χ2v) is 4.78. The Morgan fingerprint density at radius 3 is 2.47 bits per heavy atom. The standard InChI is InChI=1S/C12H25N3O2/c1-6-17-10(16)8-7-9-14-11(13-5)15-12(2,3)4/h6-9H2,1-5H3,(H2,13,14,15). The van der Waals surface area contributed by atoms with Gasteiger partial charge >= 0.3 is 5.97 Å². The number of nitrogens with zero attached hydrogens (tertiary/aromatic N) is 1. The molecule has 0 aromatic carbocycles. The minimum atomic E-state index is -0.145. The van der Waals surface area contributed by atoms with Crippen LogP contribution in [0.1, 0.15) is 40.5 Å². The molecule has 0 saturated heterocycles. The van der Waals surface area contributed by atoms with E-state index in [-0.39, 0.29) is 11.5 Å². The average molecular weight is 243 g/mol. The summed E-state index contributed by atoms with van der Waals surface area (Å²) in [6.07, 6.45) is 1.18. The maximum Gasteiger partial charge on any atom is 0.305 e. The van der Waals surface area contributed by atoms with Crippen LogP contribution in [0.25, 0.3) is 0 Å². The lowest BCUT2D eigenvalue weighted by Crippen LogP contribution is -2.47. The van der Waals surface area contributed by atoms with E-state index in [4.69, 9.17) is 4.74 Å². The number of aliphatic imine (C=N–C) groups is 1. The van der Waals surface area contributed by atoms with Crippen LogP contribution in [-0.4, -0.2) is 37.7 Å². The van der Waals surface area contributed by atoms with Crippen molar-refractivity contribution < 1.29 is 9.53 Å². The lowest BCUT2D eigenvalue weighted by Gasteiger charge is -2.23. The molecule has 0 unspecified atom stereocenters. The van der Waals surface area contributed by atoms with Crippen molar-refractivity contribution in [1.29, 1.82) is 0 Å². The minimum absolute atomic E-state index is 0.0248. The molecular formula is C12H25N3O2. The smallest absolute Gasteiger partial charge is 0.305 e. The second kappa shape index (κ2) is 7.92. The molecule has 0 heterocycles. The fraction of sp³-hybridized carbons (Fsp3) is 0.833. The summed E-state index contributed by atoms with van der Waals surface area (Å²) in [5.41, 5.74) is -0.0248. The highest BCUT2D eigenvalue weighted by atomic mass is 16.5. The zero-order valence-electron chi connectivity index (χ0n) is 11.6. The van der Waals surface area contributed by atoms with Crippen LogP contribution in [0.5, 0.6) is 0 Å². The summed E-state index contributed by atoms with van der Waals surface area (Å²) in [5, 5.41) is 6.40. The van der Waals surface area contributed by atoms with E-state index in [9.17, 15) is 4.79 Å². The Morgan fingerprint density at radius 2 is 2.00 bits per heavy atom. The van der Waals surface area contributed by atoms with Gasteiger partial charge in [0.25, 0.3) is 0 Å². The van der Waals surface area contributed by atoms with E-state index in [0.717, 1.165) is 12.4 Å². The van der Waals surface area contributed by atoms with Gasteiger partial charge in [0.15, 0.2) is 5.96 Å². The van der Waals surface area contributed by atoms with Gasteiger partial charge in [0.05, 0.1) is 6.61 Å². The zero-order chi connectivity index (χ0) is 13.3. The van der Waals surface area contributed by atoms with Crippen LogP contribution in [0.2, 0.25) is 0 Å². The summed E-state index contributed by atoms with van der Waals surface area (Å²) in [7, 11) is 1.73. The van der Waals surface area contributed by atoms with E-state index < -0.39 is 0 Å². The van der Waals surface area contributed by atoms with E-state index in [2.05, 4.69) is 36.4 Å². The molecule has 2 N–H and O–H groups in total. The van der Waals surface area contributed by atoms with Crippen molar-refractivity contribution in [2.75, 3.05) is 20.2 Å². The zero-order valence-corrected chi connectivity index (χ0v) is 11.6. The molecule has 0 aromatic heterocycles. The first-order chi connectivity index (χ1) is 7.89. The molecule has 0 saturated carbocycles. The average Bonchev–Trinajstić information content (AvgIpc) is 2.21. The number of rotatable bonds is 5. The number of carbonyl (C=O) groups excluding carboxylic acids is 1. The summed E-state index contributed by atoms with van der Waals surface area (Å²) in [5.74, 6) is 0.606. The molecular weight excluding hydrogens is 218 g/mol. The maximum atomic E-state index is 11.1. The Labute approximate surface area is 104 Å². The molecule has 0 radical (unpaired) electrons. The van der Waals surface area contributed by atoms with Gasteiger partial charge in [0, 0.05) is 25.6 Å². The van der Waals surface area contributed by atoms with Gasteiger partial charge in [-0.25, -0.2) is 0 Å². The molecule has 5 heteroatoms. The summed E-state index contributed by atoms with van der Waals surface area (Å²) in [4.78, 5) is 15.2. The van der Waals surface area contributed by atoms with Crippen molar-refractivity contribution >= 4 is 11.9 Å². The largest absolute Gasteiger partial charge is 0.466 e. The molecule has 0 atom stereocenters. The van der Waals surface area contributed by atoms with Gasteiger partial charge in [-0.1, -0.05) is 0 Å². The van der Waals surface area contributed by atoms with Crippen molar-refractivity contribution in [2.45, 2.75) is 46.1 Å². The van der Waals surface area contributed by atoms with Crippen molar-refractivity contribution in [3.05, 3.63) is 0 Å². The SMILES string of the molecule is CCOC(=O)CCCNC(=NC)NC(C)(C)C. The Kier molecular flexibility index (Phi) is 7.34. The minimum Gasteiger partial charge on any atom is -0.466 e. The van der Waals surface area contributed by atoms with Gasteiger partial charge in [-0.15, -0.1) is 0 Å². The molecule has 0 fully saturated rings. The summed E-state index contributed by atoms with van der Waals surface area (Å²) >= 11 is 0. The van der Waals surface area contributed by atoms with Crippen LogP contribution in [0.3, 0.4) is 0 Å². The third-order valence-corrected chi connectivity index (χ3v) is 1.87. The van der Waals surface area contributed by atoms with Gasteiger partial charge in [-0.3, -0.25) is 9.79 Å². The summed E-state index contributed by atoms with van der Waals surface area (Å²) < 4.78 is 4.84. The van der Waals surface area contributed by atoms with E-state index in [0.29, 0.717) is 19.6 Å². The van der Waals surface area contributed by atoms with E-state index in [1.54, 1.807) is 7.05 Å². The molecule has 0 amide bonds. The molecule has 5 nitrogen and oxygen atoms in total. The topological polar surface area (TPSA) is 62.7 Å². The molecule has 0 bridgehead atoms. The van der Waals surface area contributed by atoms with Crippen LogP contribution < -0.4 is 10.6 Å². The van der Waals surface area contributed by atoms with Crippen molar-refractivity contribution in [2.24, 2.45) is 4.99 Å². The Bertz CT molecular complexity index is 257. The van der Waals surface area contributed by atoms with Gasteiger partial charge in [-0.05, 0) is 34.1 Å². The quantitative estimate of drug-likeness (QED) is 0.330. The number of nitrogens with one attached hydrogen (secondary N) is 2. The molecule has 0 aliphatic heterocycles. The molecule has 0 aromatic rings. The predicted molar refractivity (Wildman–Crippen MR) is 70.1 cm³/mol. The Hall–Kier alpha value is -1.26. The van der Waals surface area contributed by atoms with Crippen molar-refractivity contribution in [3.63, 3.8) is 0 Å². The first-order valence-electron chi connectivity index (χ1n) is 6.03. The van der Waals surface area contributed by atoms with E-state index in [1.165, 1.54) is 0 Å². The highest BCUT2D eigenvalue weighted by Crippen LogP contribution is 1.98. The van der Waals surface area contributed by atoms with Gasteiger partial charge in [0.2, 0.25) is 0 Å². The van der Waals surface area contributed by atoms with Gasteiger partial charge in [0.1, 0.15) is 0 Å². The molecule has 0 rings (SSSR count). The number of ether oxygens (including phenoxy) is 1. The highest BCUT2D eigenvalue weighted by Gasteiger charge is 2.11. The maximum absolute atomic E-state index is 11.1. The normalized spacial score (nSPS) is 12.2. The second-order valence-electron chi connectivity index (χ2n) is 4.78. The third-order valence-electron chi connectivity index (χ3n) is 1.87. The van der Waals surface area contributed by atoms with Crippen molar-refractivity contribution in [3.8, 4) is 0 Å². The third kappa shape index (κ3) is 9.66. The monoisotopic (exact) mass is 243 g/mol. The first-order valence-corrected chi connectivity index (χ1v) is 6.03. The number of esters is 1. The van der Waals surface area contributed by atoms with E-state index in [1.807, 2.05) is 6.92 Å². The van der Waals surface area contributed by atoms with Crippen LogP contribution in [0.15, 0.2) is 4.99 Å². The number of guanidine groups is 1. The fourth-order valence-corrected chi connectivity index (χ4v) is 1.21. The molecule has 17 heavy (non-hydrogen) atoms. The Balaban J connectivity index is 3.76. The van der Waals surface area contributed by atoms with Crippen LogP contribution in [0.4, 0.5) is 0 Å². The summed E-state index contributed by atoms with van der Waals surface area (Å²) in [6, 6.07) is 0. The molecule has 100 valence electrons. The summed E-state index contributed by atoms with van der Waals surface area (Å²) in [6.45, 7) is 9.16. The molecule has 0 aliphatic carbocycles. The number of carbonyl (C=O) groups is 1. The number of hydrogen-bond donors (Lipinski definition) is 2. The van der Waals surface area contributed by atoms with E-state index >= 15 is 0 Å². The van der Waals surface area contributed by atoms with Gasteiger partial charge < -0.3 is 15.4 Å². The van der Waals surface area contributed by atoms with Crippen LogP contribution in [-0.2, 0) is 9.53 Å². The highest BCUT2D eigenvalue weighted by molar-refractivity contribution is 5.80. The first kappa shape index (κ1) is 15.7. The fourth-order valence-electron chi connectivity index (χ4n) is 1.21. The van der Waals surface area contributed by atoms with Crippen molar-refractivity contribution in [1.82, 2.24) is 10.6 Å². The Morgan fingerprint density at radius 1 is 1.35 bits per heavy atom.